The first-order valence-electron chi connectivity index (χ1n) is 11.2. The zero-order chi connectivity index (χ0) is 23.1. The van der Waals surface area contributed by atoms with E-state index in [0.29, 0.717) is 25.2 Å². The monoisotopic (exact) mass is 426 g/mol. The summed E-state index contributed by atoms with van der Waals surface area (Å²) < 4.78 is 11.5. The van der Waals surface area contributed by atoms with Gasteiger partial charge in [0.15, 0.2) is 0 Å². The van der Waals surface area contributed by atoms with Gasteiger partial charge in [-0.25, -0.2) is 5.43 Å². The van der Waals surface area contributed by atoms with Gasteiger partial charge < -0.3 is 9.15 Å². The van der Waals surface area contributed by atoms with E-state index in [1.165, 1.54) is 17.3 Å². The molecule has 5 nitrogen and oxygen atoms in total. The van der Waals surface area contributed by atoms with E-state index in [2.05, 4.69) is 70.3 Å². The maximum absolute atomic E-state index is 12.0. The number of ether oxygens (including phenoxy) is 1. The van der Waals surface area contributed by atoms with Crippen LogP contribution < -0.4 is 10.2 Å². The third kappa shape index (κ3) is 6.98. The first kappa shape index (κ1) is 24.7. The summed E-state index contributed by atoms with van der Waals surface area (Å²) in [6.07, 6.45) is 4.57. The number of rotatable bonds is 11. The SMILES string of the molecule is CCC(C)(C)c1ccc(OCCCC(=O)N/N=C\c2ccc(C)o2)c(C(C)(C)CC)c1. The lowest BCUT2D eigenvalue weighted by molar-refractivity contribution is -0.121. The number of hydrazone groups is 1. The lowest BCUT2D eigenvalue weighted by atomic mass is 9.76. The number of furan rings is 1. The fraction of sp³-hybridized carbons (Fsp3) is 0.538. The van der Waals surface area contributed by atoms with E-state index >= 15 is 0 Å². The molecule has 0 aliphatic rings. The van der Waals surface area contributed by atoms with Gasteiger partial charge in [-0.1, -0.05) is 53.7 Å². The lowest BCUT2D eigenvalue weighted by Gasteiger charge is -2.30. The van der Waals surface area contributed by atoms with Gasteiger partial charge in [-0.3, -0.25) is 4.79 Å². The molecule has 1 N–H and O–H groups in total. The first-order valence-corrected chi connectivity index (χ1v) is 11.2. The highest BCUT2D eigenvalue weighted by atomic mass is 16.5. The quantitative estimate of drug-likeness (QED) is 0.261. The van der Waals surface area contributed by atoms with Crippen LogP contribution in [0.3, 0.4) is 0 Å². The Morgan fingerprint density at radius 2 is 1.81 bits per heavy atom. The maximum atomic E-state index is 12.0. The predicted molar refractivity (Wildman–Crippen MR) is 127 cm³/mol. The van der Waals surface area contributed by atoms with E-state index in [1.54, 1.807) is 6.07 Å². The Morgan fingerprint density at radius 1 is 1.10 bits per heavy atom. The number of carbonyl (C=O) groups excluding carboxylic acids is 1. The molecule has 0 fully saturated rings. The van der Waals surface area contributed by atoms with Crippen LogP contribution >= 0.6 is 0 Å². The van der Waals surface area contributed by atoms with Gasteiger partial charge in [-0.05, 0) is 60.8 Å². The topological polar surface area (TPSA) is 63.8 Å². The van der Waals surface area contributed by atoms with E-state index in [9.17, 15) is 4.79 Å². The molecule has 1 aromatic carbocycles. The first-order chi connectivity index (χ1) is 14.6. The largest absolute Gasteiger partial charge is 0.493 e. The maximum Gasteiger partial charge on any atom is 0.240 e. The highest BCUT2D eigenvalue weighted by Crippen LogP contribution is 2.38. The Morgan fingerprint density at radius 3 is 2.42 bits per heavy atom. The second-order valence-electron chi connectivity index (χ2n) is 9.38. The van der Waals surface area contributed by atoms with Crippen LogP contribution in [-0.2, 0) is 15.6 Å². The summed E-state index contributed by atoms with van der Waals surface area (Å²) in [7, 11) is 0. The molecule has 0 atom stereocenters. The normalized spacial score (nSPS) is 12.4. The molecule has 0 aliphatic carbocycles. The van der Waals surface area contributed by atoms with Crippen molar-refractivity contribution < 1.29 is 13.9 Å². The highest BCUT2D eigenvalue weighted by molar-refractivity contribution is 5.80. The summed E-state index contributed by atoms with van der Waals surface area (Å²) in [6.45, 7) is 15.8. The third-order valence-electron chi connectivity index (χ3n) is 6.21. The van der Waals surface area contributed by atoms with Crippen LogP contribution in [0.5, 0.6) is 5.75 Å². The second-order valence-corrected chi connectivity index (χ2v) is 9.38. The van der Waals surface area contributed by atoms with Crippen molar-refractivity contribution in [3.8, 4) is 5.75 Å². The third-order valence-corrected chi connectivity index (χ3v) is 6.21. The molecule has 0 saturated heterocycles. The molecule has 2 aromatic rings. The molecule has 31 heavy (non-hydrogen) atoms. The lowest BCUT2D eigenvalue weighted by Crippen LogP contribution is -2.21. The molecular formula is C26H38N2O3. The summed E-state index contributed by atoms with van der Waals surface area (Å²) >= 11 is 0. The Kier molecular flexibility index (Phi) is 8.49. The standard InChI is InChI=1S/C26H38N2O3/c1-8-25(4,5)20-13-15-23(22(17-20)26(6,7)9-2)30-16-10-11-24(29)28-27-18-21-14-12-19(3)31-21/h12-15,17-18H,8-11,16H2,1-7H3,(H,28,29)/b27-18-. The molecule has 0 aliphatic heterocycles. The van der Waals surface area contributed by atoms with Gasteiger partial charge in [0.1, 0.15) is 17.3 Å². The summed E-state index contributed by atoms with van der Waals surface area (Å²) in [4.78, 5) is 12.0. The van der Waals surface area contributed by atoms with Crippen LogP contribution in [-0.4, -0.2) is 18.7 Å². The number of carbonyl (C=O) groups is 1. The minimum atomic E-state index is -0.141. The number of amides is 1. The molecule has 0 radical (unpaired) electrons. The molecule has 0 unspecified atom stereocenters. The van der Waals surface area contributed by atoms with Crippen molar-refractivity contribution in [1.29, 1.82) is 0 Å². The molecular weight excluding hydrogens is 388 g/mol. The van der Waals surface area contributed by atoms with Crippen LogP contribution in [0.25, 0.3) is 0 Å². The van der Waals surface area contributed by atoms with Crippen molar-refractivity contribution in [1.82, 2.24) is 5.43 Å². The van der Waals surface area contributed by atoms with Crippen molar-refractivity contribution in [2.24, 2.45) is 5.10 Å². The van der Waals surface area contributed by atoms with Crippen molar-refractivity contribution in [3.05, 3.63) is 53.0 Å². The molecule has 0 bridgehead atoms. The van der Waals surface area contributed by atoms with E-state index in [0.717, 1.165) is 24.4 Å². The number of nitrogens with zero attached hydrogens (tertiary/aromatic N) is 1. The van der Waals surface area contributed by atoms with Gasteiger partial charge >= 0.3 is 0 Å². The molecule has 1 heterocycles. The van der Waals surface area contributed by atoms with Gasteiger partial charge in [-0.2, -0.15) is 5.10 Å². The summed E-state index contributed by atoms with van der Waals surface area (Å²) in [5.41, 5.74) is 5.25. The van der Waals surface area contributed by atoms with Gasteiger partial charge in [0.05, 0.1) is 12.8 Å². The van der Waals surface area contributed by atoms with Crippen molar-refractivity contribution >= 4 is 12.1 Å². The van der Waals surface area contributed by atoms with Crippen LogP contribution in [0, 0.1) is 6.92 Å². The zero-order valence-corrected chi connectivity index (χ0v) is 20.2. The van der Waals surface area contributed by atoms with Gasteiger partial charge in [-0.15, -0.1) is 0 Å². The summed E-state index contributed by atoms with van der Waals surface area (Å²) in [6, 6.07) is 10.2. The fourth-order valence-corrected chi connectivity index (χ4v) is 3.16. The summed E-state index contributed by atoms with van der Waals surface area (Å²) in [5.74, 6) is 2.19. The van der Waals surface area contributed by atoms with Crippen molar-refractivity contribution in [2.75, 3.05) is 6.61 Å². The number of benzene rings is 1. The Bertz CT molecular complexity index is 894. The second kappa shape index (κ2) is 10.7. The zero-order valence-electron chi connectivity index (χ0n) is 20.2. The number of nitrogens with one attached hydrogen (secondary N) is 1. The van der Waals surface area contributed by atoms with Crippen molar-refractivity contribution in [2.45, 2.75) is 85.0 Å². The number of aryl methyl sites for hydroxylation is 1. The fourth-order valence-electron chi connectivity index (χ4n) is 3.16. The van der Waals surface area contributed by atoms with E-state index < -0.39 is 0 Å². The van der Waals surface area contributed by atoms with E-state index in [-0.39, 0.29) is 16.7 Å². The van der Waals surface area contributed by atoms with Gasteiger partial charge in [0.25, 0.3) is 0 Å². The molecule has 1 amide bonds. The summed E-state index contributed by atoms with van der Waals surface area (Å²) in [5, 5.41) is 3.93. The average Bonchev–Trinajstić information content (AvgIpc) is 3.16. The Balaban J connectivity index is 1.93. The molecule has 170 valence electrons. The molecule has 2 rings (SSSR count). The number of hydrogen-bond acceptors (Lipinski definition) is 4. The van der Waals surface area contributed by atoms with Crippen molar-refractivity contribution in [3.63, 3.8) is 0 Å². The smallest absolute Gasteiger partial charge is 0.240 e. The average molecular weight is 427 g/mol. The van der Waals surface area contributed by atoms with Crippen LogP contribution in [0.2, 0.25) is 0 Å². The number of hydrogen-bond donors (Lipinski definition) is 1. The minimum Gasteiger partial charge on any atom is -0.493 e. The Labute approximate surface area is 187 Å². The molecule has 1 aromatic heterocycles. The molecule has 0 saturated carbocycles. The van der Waals surface area contributed by atoms with Gasteiger partial charge in [0.2, 0.25) is 5.91 Å². The van der Waals surface area contributed by atoms with E-state index in [4.69, 9.17) is 9.15 Å². The van der Waals surface area contributed by atoms with Gasteiger partial charge in [0, 0.05) is 12.0 Å². The minimum absolute atomic E-state index is 0.0193. The Hall–Kier alpha value is -2.56. The highest BCUT2D eigenvalue weighted by Gasteiger charge is 2.26. The van der Waals surface area contributed by atoms with Crippen LogP contribution in [0.15, 0.2) is 39.9 Å². The van der Waals surface area contributed by atoms with Crippen LogP contribution in [0.4, 0.5) is 0 Å². The molecule has 5 heteroatoms. The van der Waals surface area contributed by atoms with E-state index in [1.807, 2.05) is 13.0 Å². The predicted octanol–water partition coefficient (Wildman–Crippen LogP) is 6.27. The van der Waals surface area contributed by atoms with Crippen LogP contribution in [0.1, 0.15) is 89.9 Å². The molecule has 0 spiro atoms.